The molecule has 0 aromatic rings. The minimum Gasteiger partial charge on any atom is -0.356 e. The van der Waals surface area contributed by atoms with E-state index in [0.717, 1.165) is 0 Å². The van der Waals surface area contributed by atoms with Crippen molar-refractivity contribution in [3.63, 3.8) is 0 Å². The molecular weight excluding hydrogens is 198 g/mol. The van der Waals surface area contributed by atoms with Gasteiger partial charge in [-0.25, -0.2) is 0 Å². The molecule has 0 aromatic carbocycles. The van der Waals surface area contributed by atoms with Gasteiger partial charge in [0, 0.05) is 0 Å². The molecule has 50 valence electrons. The van der Waals surface area contributed by atoms with E-state index in [1.807, 2.05) is 0 Å². The molecule has 6 N–H and O–H groups in total. The van der Waals surface area contributed by atoms with E-state index in [4.69, 9.17) is 15.3 Å². The van der Waals surface area contributed by atoms with Crippen LogP contribution in [0.4, 0.5) is 0 Å². The number of nitrogens with zero attached hydrogens (tertiary/aromatic N) is 1. The topological polar surface area (TPSA) is 136 Å². The van der Waals surface area contributed by atoms with Gasteiger partial charge in [0.2, 0.25) is 0 Å². The first kappa shape index (κ1) is 28.8. The predicted molar refractivity (Wildman–Crippen MR) is 20.4 cm³/mol. The summed E-state index contributed by atoms with van der Waals surface area (Å²) in [4.78, 5) is 8.25. The third kappa shape index (κ3) is 4470. The second kappa shape index (κ2) is 16.9. The molecule has 0 amide bonds. The van der Waals surface area contributed by atoms with E-state index >= 15 is 0 Å². The second-order valence-electron chi connectivity index (χ2n) is 0.224. The Morgan fingerprint density at radius 1 is 1.14 bits per heavy atom. The summed E-state index contributed by atoms with van der Waals surface area (Å²) >= 11 is 0. The van der Waals surface area contributed by atoms with Gasteiger partial charge < -0.3 is 27.6 Å². The van der Waals surface area contributed by atoms with Crippen LogP contribution in [0.3, 0.4) is 0 Å². The van der Waals surface area contributed by atoms with Gasteiger partial charge in [0.1, 0.15) is 0 Å². The van der Waals surface area contributed by atoms with E-state index in [1.54, 1.807) is 0 Å². The van der Waals surface area contributed by atoms with E-state index in [9.17, 15) is 0 Å². The number of hydrogen-bond donors (Lipinski definition) is 2. The SMILES string of the molecule is N.N.O=[N+]([O-])[O-].[Ag+]. The molecule has 0 atom stereocenters. The van der Waals surface area contributed by atoms with Crippen LogP contribution in [0.2, 0.25) is 0 Å². The molecule has 0 unspecified atom stereocenters. The van der Waals surface area contributed by atoms with Crippen molar-refractivity contribution in [3.05, 3.63) is 15.3 Å². The van der Waals surface area contributed by atoms with Gasteiger partial charge in [-0.05, 0) is 0 Å². The van der Waals surface area contributed by atoms with E-state index in [0.29, 0.717) is 0 Å². The summed E-state index contributed by atoms with van der Waals surface area (Å²) in [6.45, 7) is 0. The normalized spacial score (nSPS) is 3.43. The fourth-order valence-corrected chi connectivity index (χ4v) is 0. The molecule has 0 rings (SSSR count). The zero-order valence-electron chi connectivity index (χ0n) is 3.39. The van der Waals surface area contributed by atoms with Crippen molar-refractivity contribution >= 4 is 0 Å². The summed E-state index contributed by atoms with van der Waals surface area (Å²) in [6.07, 6.45) is 0. The minimum atomic E-state index is -1.75. The Hall–Kier alpha value is -0.140. The fraction of sp³-hybridized carbons (Fsp3) is 0. The largest absolute Gasteiger partial charge is 1.00 e. The third-order valence-corrected chi connectivity index (χ3v) is 0. The Bertz CT molecular complexity index is 33.2. The molecular formula is H6AgN3O3. The van der Waals surface area contributed by atoms with Gasteiger partial charge in [-0.3, -0.25) is 0 Å². The smallest absolute Gasteiger partial charge is 0.356 e. The summed E-state index contributed by atoms with van der Waals surface area (Å²) < 4.78 is 0. The summed E-state index contributed by atoms with van der Waals surface area (Å²) in [5.74, 6) is 0. The minimum absolute atomic E-state index is 0. The second-order valence-corrected chi connectivity index (χ2v) is 0.224. The third-order valence-electron chi connectivity index (χ3n) is 0. The number of rotatable bonds is 0. The van der Waals surface area contributed by atoms with Gasteiger partial charge in [-0.15, -0.1) is 0 Å². The Balaban J connectivity index is -0.0000000150. The van der Waals surface area contributed by atoms with Gasteiger partial charge >= 0.3 is 22.4 Å². The van der Waals surface area contributed by atoms with Gasteiger partial charge in [0.15, 0.2) is 0 Å². The van der Waals surface area contributed by atoms with Gasteiger partial charge in [-0.2, -0.15) is 0 Å². The van der Waals surface area contributed by atoms with Crippen LogP contribution in [0.1, 0.15) is 0 Å². The zero-order valence-corrected chi connectivity index (χ0v) is 4.87. The van der Waals surface area contributed by atoms with Crippen LogP contribution in [0.15, 0.2) is 0 Å². The molecule has 7 heteroatoms. The van der Waals surface area contributed by atoms with Crippen LogP contribution in [0.25, 0.3) is 0 Å². The monoisotopic (exact) mass is 203 g/mol. The Morgan fingerprint density at radius 2 is 1.14 bits per heavy atom. The van der Waals surface area contributed by atoms with Crippen molar-refractivity contribution in [3.8, 4) is 0 Å². The molecule has 0 aliphatic rings. The quantitative estimate of drug-likeness (QED) is 0.327. The van der Waals surface area contributed by atoms with Crippen LogP contribution in [-0.4, -0.2) is 5.09 Å². The Labute approximate surface area is 55.7 Å². The van der Waals surface area contributed by atoms with Crippen LogP contribution >= 0.6 is 0 Å². The average Bonchev–Trinajstić information content (AvgIpc) is 0.811. The molecule has 0 aromatic heterocycles. The van der Waals surface area contributed by atoms with Crippen molar-refractivity contribution in [1.82, 2.24) is 12.3 Å². The number of hydrogen-bond acceptors (Lipinski definition) is 5. The molecule has 0 heterocycles. The van der Waals surface area contributed by atoms with Crippen LogP contribution in [-0.2, 0) is 22.4 Å². The molecule has 0 spiro atoms. The molecule has 0 bridgehead atoms. The Morgan fingerprint density at radius 3 is 1.14 bits per heavy atom. The molecule has 0 fully saturated rings. The molecule has 0 saturated heterocycles. The van der Waals surface area contributed by atoms with E-state index in [2.05, 4.69) is 0 Å². The molecule has 0 aliphatic heterocycles. The first-order valence-corrected chi connectivity index (χ1v) is 0.548. The van der Waals surface area contributed by atoms with Crippen molar-refractivity contribution in [2.24, 2.45) is 0 Å². The first-order valence-electron chi connectivity index (χ1n) is 0.548. The van der Waals surface area contributed by atoms with Crippen LogP contribution in [0, 0.1) is 15.3 Å². The maximum atomic E-state index is 8.25. The van der Waals surface area contributed by atoms with Gasteiger partial charge in [0.05, 0.1) is 5.09 Å². The maximum absolute atomic E-state index is 8.25. The van der Waals surface area contributed by atoms with E-state index in [1.165, 1.54) is 0 Å². The zero-order chi connectivity index (χ0) is 3.58. The van der Waals surface area contributed by atoms with Gasteiger partial charge in [0.25, 0.3) is 0 Å². The Kier molecular flexibility index (Phi) is 69.6. The van der Waals surface area contributed by atoms with E-state index in [-0.39, 0.29) is 34.7 Å². The van der Waals surface area contributed by atoms with Crippen molar-refractivity contribution in [2.75, 3.05) is 0 Å². The van der Waals surface area contributed by atoms with Crippen molar-refractivity contribution < 1.29 is 27.5 Å². The standard InChI is InChI=1S/Ag.NO3.2H3N/c;2-1(3)4;;/h;;2*1H3/q+1;-1;;. The fourth-order valence-electron chi connectivity index (χ4n) is 0. The van der Waals surface area contributed by atoms with Crippen molar-refractivity contribution in [1.29, 1.82) is 0 Å². The molecule has 7 heavy (non-hydrogen) atoms. The van der Waals surface area contributed by atoms with Crippen LogP contribution in [0.5, 0.6) is 0 Å². The molecule has 0 radical (unpaired) electrons. The first-order chi connectivity index (χ1) is 1.73. The molecule has 6 nitrogen and oxygen atoms in total. The van der Waals surface area contributed by atoms with Gasteiger partial charge in [-0.1, -0.05) is 0 Å². The predicted octanol–water partition coefficient (Wildman–Crippen LogP) is 0.0824. The summed E-state index contributed by atoms with van der Waals surface area (Å²) in [5, 5.41) is 14.8. The molecule has 0 saturated carbocycles. The van der Waals surface area contributed by atoms with Crippen molar-refractivity contribution in [2.45, 2.75) is 0 Å². The summed E-state index contributed by atoms with van der Waals surface area (Å²) in [5.41, 5.74) is 0. The summed E-state index contributed by atoms with van der Waals surface area (Å²) in [6, 6.07) is 0. The maximum Gasteiger partial charge on any atom is 1.00 e. The summed E-state index contributed by atoms with van der Waals surface area (Å²) in [7, 11) is 0. The van der Waals surface area contributed by atoms with Crippen LogP contribution < -0.4 is 12.3 Å². The average molecular weight is 204 g/mol. The van der Waals surface area contributed by atoms with E-state index < -0.39 is 5.09 Å². The molecule has 0 aliphatic carbocycles.